The molecule has 1 N–H and O–H groups in total. The standard InChI is InChI=1S/C27H27ClFN7/c1-17-26(18(2)35(33-17)15-19-4-3-5-22(29)10-19)25-14-31-27-24(25)11-20(12-30-27)21-13-32-36(16-21)23-6-8-34(28)9-7-23/h3-5,10-14,16,23H,6-9,15H2,1-2H3,(H,30,31). The molecule has 0 atom stereocenters. The molecule has 0 aliphatic carbocycles. The van der Waals surface area contributed by atoms with Gasteiger partial charge in [-0.15, -0.1) is 0 Å². The molecule has 5 aromatic rings. The minimum Gasteiger partial charge on any atom is -0.346 e. The molecule has 1 aliphatic heterocycles. The average molecular weight is 504 g/mol. The Hall–Kier alpha value is -3.49. The number of rotatable bonds is 5. The molecule has 0 bridgehead atoms. The van der Waals surface area contributed by atoms with Crippen molar-refractivity contribution in [3.8, 4) is 22.3 Å². The van der Waals surface area contributed by atoms with E-state index < -0.39 is 0 Å². The van der Waals surface area contributed by atoms with Crippen LogP contribution in [0.3, 0.4) is 0 Å². The summed E-state index contributed by atoms with van der Waals surface area (Å²) in [5.41, 5.74) is 7.85. The molecular formula is C27H27ClFN7. The highest BCUT2D eigenvalue weighted by atomic mass is 35.5. The largest absolute Gasteiger partial charge is 0.346 e. The highest BCUT2D eigenvalue weighted by Crippen LogP contribution is 2.35. The van der Waals surface area contributed by atoms with Crippen molar-refractivity contribution in [1.29, 1.82) is 0 Å². The Morgan fingerprint density at radius 2 is 1.94 bits per heavy atom. The summed E-state index contributed by atoms with van der Waals surface area (Å²) < 4.78 is 19.5. The van der Waals surface area contributed by atoms with Gasteiger partial charge in [0.1, 0.15) is 11.5 Å². The van der Waals surface area contributed by atoms with Crippen LogP contribution in [0.2, 0.25) is 0 Å². The number of piperidine rings is 1. The van der Waals surface area contributed by atoms with E-state index in [0.717, 1.165) is 76.2 Å². The van der Waals surface area contributed by atoms with Gasteiger partial charge in [0, 0.05) is 65.0 Å². The van der Waals surface area contributed by atoms with Crippen molar-refractivity contribution in [2.45, 2.75) is 39.3 Å². The Labute approximate surface area is 213 Å². The summed E-state index contributed by atoms with van der Waals surface area (Å²) in [6.07, 6.45) is 9.88. The quantitative estimate of drug-likeness (QED) is 0.304. The number of nitrogens with one attached hydrogen (secondary N) is 1. The zero-order valence-electron chi connectivity index (χ0n) is 20.2. The SMILES string of the molecule is Cc1nn(Cc2cccc(F)c2)c(C)c1-c1c[nH]c2ncc(-c3cnn(C4CCN(Cl)CC4)c3)cc12. The van der Waals surface area contributed by atoms with Gasteiger partial charge in [0.25, 0.3) is 0 Å². The molecule has 184 valence electrons. The maximum absolute atomic E-state index is 13.7. The number of hydrogen-bond acceptors (Lipinski definition) is 4. The molecule has 0 amide bonds. The summed E-state index contributed by atoms with van der Waals surface area (Å²) >= 11 is 6.12. The first-order valence-electron chi connectivity index (χ1n) is 12.2. The van der Waals surface area contributed by atoms with Crippen molar-refractivity contribution in [2.24, 2.45) is 0 Å². The second-order valence-corrected chi connectivity index (χ2v) is 9.98. The number of aryl methyl sites for hydroxylation is 1. The van der Waals surface area contributed by atoms with Gasteiger partial charge in [-0.2, -0.15) is 10.2 Å². The molecule has 0 saturated carbocycles. The van der Waals surface area contributed by atoms with E-state index in [1.807, 2.05) is 40.7 Å². The Kier molecular flexibility index (Phi) is 5.85. The van der Waals surface area contributed by atoms with Crippen LogP contribution in [-0.2, 0) is 6.54 Å². The number of aromatic amines is 1. The van der Waals surface area contributed by atoms with Crippen LogP contribution in [0.1, 0.15) is 35.8 Å². The second-order valence-electron chi connectivity index (χ2n) is 9.51. The van der Waals surface area contributed by atoms with Crippen LogP contribution < -0.4 is 0 Å². The number of nitrogens with zero attached hydrogens (tertiary/aromatic N) is 6. The lowest BCUT2D eigenvalue weighted by Crippen LogP contribution is -2.28. The van der Waals surface area contributed by atoms with Gasteiger partial charge < -0.3 is 4.98 Å². The van der Waals surface area contributed by atoms with Crippen LogP contribution in [0.25, 0.3) is 33.3 Å². The van der Waals surface area contributed by atoms with Gasteiger partial charge in [-0.05, 0) is 62.2 Å². The van der Waals surface area contributed by atoms with Crippen LogP contribution in [-0.4, -0.2) is 47.0 Å². The summed E-state index contributed by atoms with van der Waals surface area (Å²) in [5.74, 6) is -0.239. The van der Waals surface area contributed by atoms with E-state index in [2.05, 4.69) is 34.0 Å². The fourth-order valence-corrected chi connectivity index (χ4v) is 5.40. The van der Waals surface area contributed by atoms with Crippen LogP contribution in [0.5, 0.6) is 0 Å². The Morgan fingerprint density at radius 3 is 2.75 bits per heavy atom. The molecular weight excluding hydrogens is 477 g/mol. The smallest absolute Gasteiger partial charge is 0.137 e. The van der Waals surface area contributed by atoms with E-state index in [-0.39, 0.29) is 5.82 Å². The van der Waals surface area contributed by atoms with Gasteiger partial charge in [-0.25, -0.2) is 13.8 Å². The van der Waals surface area contributed by atoms with Crippen molar-refractivity contribution < 1.29 is 4.39 Å². The normalized spacial score (nSPS) is 15.2. The highest BCUT2D eigenvalue weighted by Gasteiger charge is 2.21. The third-order valence-electron chi connectivity index (χ3n) is 7.12. The number of halogens is 2. The molecule has 0 unspecified atom stereocenters. The molecule has 1 aliphatic rings. The van der Waals surface area contributed by atoms with Gasteiger partial charge in [0.05, 0.1) is 24.5 Å². The molecule has 9 heteroatoms. The Balaban J connectivity index is 1.33. The molecule has 1 aromatic carbocycles. The van der Waals surface area contributed by atoms with Crippen molar-refractivity contribution >= 4 is 22.8 Å². The topological polar surface area (TPSA) is 67.6 Å². The van der Waals surface area contributed by atoms with Crippen LogP contribution in [0.15, 0.2) is 55.1 Å². The molecule has 36 heavy (non-hydrogen) atoms. The molecule has 6 rings (SSSR count). The second kappa shape index (κ2) is 9.19. The van der Waals surface area contributed by atoms with Crippen LogP contribution in [0.4, 0.5) is 4.39 Å². The number of hydrogen-bond donors (Lipinski definition) is 1. The number of benzene rings is 1. The van der Waals surface area contributed by atoms with Gasteiger partial charge in [-0.1, -0.05) is 12.1 Å². The van der Waals surface area contributed by atoms with E-state index in [9.17, 15) is 4.39 Å². The number of aromatic nitrogens is 6. The monoisotopic (exact) mass is 503 g/mol. The predicted octanol–water partition coefficient (Wildman–Crippen LogP) is 5.88. The minimum absolute atomic E-state index is 0.239. The van der Waals surface area contributed by atoms with Gasteiger partial charge >= 0.3 is 0 Å². The summed E-state index contributed by atoms with van der Waals surface area (Å²) in [4.78, 5) is 8.00. The van der Waals surface area contributed by atoms with Crippen LogP contribution in [0, 0.1) is 19.7 Å². The first-order valence-corrected chi connectivity index (χ1v) is 12.5. The summed E-state index contributed by atoms with van der Waals surface area (Å²) in [7, 11) is 0. The number of fused-ring (bicyclic) bond motifs is 1. The first-order chi connectivity index (χ1) is 17.5. The molecule has 5 heterocycles. The Bertz CT molecular complexity index is 1540. The fourth-order valence-electron chi connectivity index (χ4n) is 5.20. The molecule has 7 nitrogen and oxygen atoms in total. The zero-order valence-corrected chi connectivity index (χ0v) is 21.0. The zero-order chi connectivity index (χ0) is 24.8. The first kappa shape index (κ1) is 22.9. The molecule has 0 radical (unpaired) electrons. The lowest BCUT2D eigenvalue weighted by Gasteiger charge is -2.27. The fraction of sp³-hybridized carbons (Fsp3) is 0.296. The van der Waals surface area contributed by atoms with Gasteiger partial charge in [-0.3, -0.25) is 9.36 Å². The predicted molar refractivity (Wildman–Crippen MR) is 139 cm³/mol. The lowest BCUT2D eigenvalue weighted by atomic mass is 10.0. The van der Waals surface area contributed by atoms with E-state index >= 15 is 0 Å². The molecule has 4 aromatic heterocycles. The summed E-state index contributed by atoms with van der Waals surface area (Å²) in [6, 6.07) is 9.19. The molecule has 1 saturated heterocycles. The molecule has 0 spiro atoms. The van der Waals surface area contributed by atoms with Crippen molar-refractivity contribution in [3.05, 3.63) is 77.9 Å². The third kappa shape index (κ3) is 4.20. The van der Waals surface area contributed by atoms with Crippen molar-refractivity contribution in [2.75, 3.05) is 13.1 Å². The number of H-pyrrole nitrogens is 1. The van der Waals surface area contributed by atoms with Crippen molar-refractivity contribution in [1.82, 2.24) is 33.9 Å². The Morgan fingerprint density at radius 1 is 1.11 bits per heavy atom. The summed E-state index contributed by atoms with van der Waals surface area (Å²) in [5, 5.41) is 10.5. The third-order valence-corrected chi connectivity index (χ3v) is 7.46. The van der Waals surface area contributed by atoms with E-state index in [1.54, 1.807) is 12.1 Å². The van der Waals surface area contributed by atoms with Crippen LogP contribution >= 0.6 is 11.8 Å². The maximum atomic E-state index is 13.7. The van der Waals surface area contributed by atoms with Gasteiger partial charge in [0.2, 0.25) is 0 Å². The van der Waals surface area contributed by atoms with E-state index in [0.29, 0.717) is 12.6 Å². The van der Waals surface area contributed by atoms with Gasteiger partial charge in [0.15, 0.2) is 0 Å². The minimum atomic E-state index is -0.239. The van der Waals surface area contributed by atoms with E-state index in [4.69, 9.17) is 21.9 Å². The highest BCUT2D eigenvalue weighted by molar-refractivity contribution is 6.13. The average Bonchev–Trinajstić information content (AvgIpc) is 3.58. The van der Waals surface area contributed by atoms with Crippen molar-refractivity contribution in [3.63, 3.8) is 0 Å². The lowest BCUT2D eigenvalue weighted by molar-refractivity contribution is 0.269. The molecule has 1 fully saturated rings. The maximum Gasteiger partial charge on any atom is 0.137 e. The number of pyridine rings is 1. The van der Waals surface area contributed by atoms with E-state index in [1.165, 1.54) is 6.07 Å². The summed E-state index contributed by atoms with van der Waals surface area (Å²) in [6.45, 7) is 6.32.